The van der Waals surface area contributed by atoms with Gasteiger partial charge in [0.05, 0.1) is 11.1 Å². The van der Waals surface area contributed by atoms with Crippen LogP contribution in [0, 0.1) is 13.8 Å². The first kappa shape index (κ1) is 15.5. The second-order valence-electron chi connectivity index (χ2n) is 5.06. The van der Waals surface area contributed by atoms with Crippen LogP contribution in [0.25, 0.3) is 0 Å². The van der Waals surface area contributed by atoms with E-state index in [1.54, 1.807) is 19.4 Å². The average Bonchev–Trinajstić information content (AvgIpc) is 2.90. The summed E-state index contributed by atoms with van der Waals surface area (Å²) in [6.45, 7) is 3.91. The molecule has 0 saturated heterocycles. The topological polar surface area (TPSA) is 78.1 Å². The van der Waals surface area contributed by atoms with Crippen molar-refractivity contribution in [3.8, 4) is 0 Å². The molecule has 2 N–H and O–H groups in total. The van der Waals surface area contributed by atoms with Crippen molar-refractivity contribution in [1.82, 2.24) is 14.5 Å². The number of aromatic amines is 1. The smallest absolute Gasteiger partial charge is 0.243 e. The Hall–Kier alpha value is -1.86. The summed E-state index contributed by atoms with van der Waals surface area (Å²) in [7, 11) is -0.148. The minimum absolute atomic E-state index is 0.283. The molecule has 0 atom stereocenters. The van der Waals surface area contributed by atoms with Crippen LogP contribution in [0.1, 0.15) is 16.7 Å². The van der Waals surface area contributed by atoms with E-state index in [2.05, 4.69) is 15.5 Å². The second kappa shape index (κ2) is 5.87. The number of nitrogens with zero attached hydrogens (tertiary/aromatic N) is 2. The molecule has 0 radical (unpaired) electrons. The number of aryl methyl sites for hydroxylation is 2. The SMILES string of the molecule is CNc1cc(C)c(S(=O)(=O)N(C)Cc2cn[nH]c2)c(C)c1. The van der Waals surface area contributed by atoms with Crippen LogP contribution in [0.4, 0.5) is 5.69 Å². The minimum Gasteiger partial charge on any atom is -0.388 e. The quantitative estimate of drug-likeness (QED) is 0.884. The number of hydrogen-bond acceptors (Lipinski definition) is 4. The van der Waals surface area contributed by atoms with E-state index in [0.717, 1.165) is 22.4 Å². The van der Waals surface area contributed by atoms with Crippen LogP contribution in [0.15, 0.2) is 29.4 Å². The van der Waals surface area contributed by atoms with Crippen molar-refractivity contribution in [2.45, 2.75) is 25.3 Å². The number of H-pyrrole nitrogens is 1. The molecule has 0 bridgehead atoms. The van der Waals surface area contributed by atoms with E-state index >= 15 is 0 Å². The molecule has 21 heavy (non-hydrogen) atoms. The zero-order valence-corrected chi connectivity index (χ0v) is 13.5. The molecule has 0 aliphatic heterocycles. The summed E-state index contributed by atoms with van der Waals surface area (Å²) in [6.07, 6.45) is 3.31. The number of sulfonamides is 1. The summed E-state index contributed by atoms with van der Waals surface area (Å²) in [5.74, 6) is 0. The van der Waals surface area contributed by atoms with Gasteiger partial charge in [0.15, 0.2) is 0 Å². The largest absolute Gasteiger partial charge is 0.388 e. The number of rotatable bonds is 5. The van der Waals surface area contributed by atoms with Crippen LogP contribution in [0.5, 0.6) is 0 Å². The van der Waals surface area contributed by atoms with E-state index in [1.807, 2.05) is 33.0 Å². The molecule has 7 heteroatoms. The van der Waals surface area contributed by atoms with E-state index < -0.39 is 10.0 Å². The zero-order chi connectivity index (χ0) is 15.6. The molecule has 0 aliphatic carbocycles. The first-order chi connectivity index (χ1) is 9.86. The summed E-state index contributed by atoms with van der Waals surface area (Å²) in [4.78, 5) is 0.368. The molecule has 1 aromatic carbocycles. The third-order valence-electron chi connectivity index (χ3n) is 3.38. The molecule has 1 heterocycles. The average molecular weight is 308 g/mol. The van der Waals surface area contributed by atoms with Gasteiger partial charge in [-0.2, -0.15) is 9.40 Å². The van der Waals surface area contributed by atoms with E-state index in [0.29, 0.717) is 4.90 Å². The van der Waals surface area contributed by atoms with Gasteiger partial charge in [0.25, 0.3) is 0 Å². The monoisotopic (exact) mass is 308 g/mol. The zero-order valence-electron chi connectivity index (χ0n) is 12.6. The fourth-order valence-corrected chi connectivity index (χ4v) is 3.93. The lowest BCUT2D eigenvalue weighted by Crippen LogP contribution is -2.27. The van der Waals surface area contributed by atoms with Crippen molar-refractivity contribution in [2.24, 2.45) is 0 Å². The Labute approximate surface area is 125 Å². The Kier molecular flexibility index (Phi) is 4.34. The molecular weight excluding hydrogens is 288 g/mol. The van der Waals surface area contributed by atoms with Gasteiger partial charge in [-0.1, -0.05) is 0 Å². The van der Waals surface area contributed by atoms with Crippen molar-refractivity contribution in [2.75, 3.05) is 19.4 Å². The first-order valence-electron chi connectivity index (χ1n) is 6.59. The predicted molar refractivity (Wildman–Crippen MR) is 82.7 cm³/mol. The van der Waals surface area contributed by atoms with Crippen LogP contribution in [-0.2, 0) is 16.6 Å². The molecule has 2 aromatic rings. The van der Waals surface area contributed by atoms with Crippen LogP contribution in [0.3, 0.4) is 0 Å². The molecule has 0 fully saturated rings. The molecule has 2 rings (SSSR count). The van der Waals surface area contributed by atoms with E-state index in [-0.39, 0.29) is 6.54 Å². The van der Waals surface area contributed by atoms with E-state index in [9.17, 15) is 8.42 Å². The molecule has 6 nitrogen and oxygen atoms in total. The Bertz CT molecular complexity index is 700. The maximum absolute atomic E-state index is 12.8. The lowest BCUT2D eigenvalue weighted by atomic mass is 10.1. The lowest BCUT2D eigenvalue weighted by molar-refractivity contribution is 0.466. The van der Waals surface area contributed by atoms with Crippen molar-refractivity contribution < 1.29 is 8.42 Å². The van der Waals surface area contributed by atoms with Gasteiger partial charge in [0.1, 0.15) is 0 Å². The molecule has 1 aromatic heterocycles. The molecule has 0 unspecified atom stereocenters. The minimum atomic E-state index is -3.54. The van der Waals surface area contributed by atoms with Gasteiger partial charge < -0.3 is 5.32 Å². The van der Waals surface area contributed by atoms with Crippen LogP contribution in [0.2, 0.25) is 0 Å². The van der Waals surface area contributed by atoms with Crippen LogP contribution in [-0.4, -0.2) is 37.0 Å². The summed E-state index contributed by atoms with van der Waals surface area (Å²) < 4.78 is 26.9. The van der Waals surface area contributed by atoms with Gasteiger partial charge in [-0.05, 0) is 37.1 Å². The number of benzene rings is 1. The fourth-order valence-electron chi connectivity index (χ4n) is 2.36. The number of aromatic nitrogens is 2. The van der Waals surface area contributed by atoms with Crippen molar-refractivity contribution in [1.29, 1.82) is 0 Å². The standard InChI is InChI=1S/C14H20N4O2S/c1-10-5-13(15-3)6-11(2)14(10)21(19,20)18(4)9-12-7-16-17-8-12/h5-8,15H,9H2,1-4H3,(H,16,17). The Morgan fingerprint density at radius 3 is 2.38 bits per heavy atom. The maximum atomic E-state index is 12.8. The van der Waals surface area contributed by atoms with E-state index in [4.69, 9.17) is 0 Å². The molecule has 0 aliphatic rings. The molecule has 0 amide bonds. The Balaban J connectivity index is 2.39. The molecule has 0 spiro atoms. The van der Waals surface area contributed by atoms with E-state index in [1.165, 1.54) is 4.31 Å². The maximum Gasteiger partial charge on any atom is 0.243 e. The highest BCUT2D eigenvalue weighted by Gasteiger charge is 2.25. The van der Waals surface area contributed by atoms with Crippen molar-refractivity contribution in [3.63, 3.8) is 0 Å². The number of nitrogens with one attached hydrogen (secondary N) is 2. The lowest BCUT2D eigenvalue weighted by Gasteiger charge is -2.20. The van der Waals surface area contributed by atoms with Gasteiger partial charge in [0, 0.05) is 38.1 Å². The number of anilines is 1. The summed E-state index contributed by atoms with van der Waals surface area (Å²) in [5, 5.41) is 9.55. The van der Waals surface area contributed by atoms with Crippen LogP contribution >= 0.6 is 0 Å². The second-order valence-corrected chi connectivity index (χ2v) is 7.04. The highest BCUT2D eigenvalue weighted by molar-refractivity contribution is 7.89. The summed E-state index contributed by atoms with van der Waals surface area (Å²) in [6, 6.07) is 3.68. The normalized spacial score (nSPS) is 11.9. The van der Waals surface area contributed by atoms with Crippen molar-refractivity contribution in [3.05, 3.63) is 41.2 Å². The third-order valence-corrected chi connectivity index (χ3v) is 5.49. The van der Waals surface area contributed by atoms with Gasteiger partial charge in [-0.15, -0.1) is 0 Å². The van der Waals surface area contributed by atoms with Crippen molar-refractivity contribution >= 4 is 15.7 Å². The Morgan fingerprint density at radius 2 is 1.90 bits per heavy atom. The van der Waals surface area contributed by atoms with Gasteiger partial charge >= 0.3 is 0 Å². The third kappa shape index (κ3) is 3.08. The number of hydrogen-bond donors (Lipinski definition) is 2. The summed E-state index contributed by atoms with van der Waals surface area (Å²) in [5.41, 5.74) is 3.20. The predicted octanol–water partition coefficient (Wildman–Crippen LogP) is 1.89. The van der Waals surface area contributed by atoms with Gasteiger partial charge in [-0.3, -0.25) is 5.10 Å². The highest BCUT2D eigenvalue weighted by atomic mass is 32.2. The molecule has 114 valence electrons. The summed E-state index contributed by atoms with van der Waals surface area (Å²) >= 11 is 0. The first-order valence-corrected chi connectivity index (χ1v) is 8.03. The Morgan fingerprint density at radius 1 is 1.29 bits per heavy atom. The fraction of sp³-hybridized carbons (Fsp3) is 0.357. The van der Waals surface area contributed by atoms with Gasteiger partial charge in [-0.25, -0.2) is 8.42 Å². The molecule has 0 saturated carbocycles. The molecular formula is C14H20N4O2S. The van der Waals surface area contributed by atoms with Gasteiger partial charge in [0.2, 0.25) is 10.0 Å². The highest BCUT2D eigenvalue weighted by Crippen LogP contribution is 2.27. The van der Waals surface area contributed by atoms with Crippen LogP contribution < -0.4 is 5.32 Å².